The van der Waals surface area contributed by atoms with Gasteiger partial charge < -0.3 is 0 Å². The number of nitriles is 1. The summed E-state index contributed by atoms with van der Waals surface area (Å²) in [6.45, 7) is 16.5. The number of rotatable bonds is 5. The van der Waals surface area contributed by atoms with Crippen LogP contribution in [0.2, 0.25) is 5.02 Å². The second kappa shape index (κ2) is 14.4. The fourth-order valence-electron chi connectivity index (χ4n) is 2.88. The number of aliphatic imine (C=N–C) groups is 1. The zero-order chi connectivity index (χ0) is 23.3. The van der Waals surface area contributed by atoms with Crippen molar-refractivity contribution in [1.29, 1.82) is 5.26 Å². The summed E-state index contributed by atoms with van der Waals surface area (Å²) in [6.07, 6.45) is 7.90. The van der Waals surface area contributed by atoms with Crippen LogP contribution in [0.3, 0.4) is 0 Å². The van der Waals surface area contributed by atoms with Crippen molar-refractivity contribution in [3.63, 3.8) is 0 Å². The third-order valence-corrected chi connectivity index (χ3v) is 5.25. The van der Waals surface area contributed by atoms with Crippen LogP contribution in [0.15, 0.2) is 17.1 Å². The number of hydrogen-bond donors (Lipinski definition) is 0. The van der Waals surface area contributed by atoms with Crippen LogP contribution in [0.1, 0.15) is 105 Å². The van der Waals surface area contributed by atoms with Gasteiger partial charge in [0.1, 0.15) is 11.9 Å². The van der Waals surface area contributed by atoms with Crippen LogP contribution in [0.25, 0.3) is 0 Å². The SMILES string of the molecule is CC1CCC1.CCC(=O)CC(C)(C)C.CCCC(C)=Nc1ccc(Cl)c(C#N)c1C. The van der Waals surface area contributed by atoms with Crippen molar-refractivity contribution in [3.8, 4) is 6.07 Å². The molecule has 0 amide bonds. The third-order valence-electron chi connectivity index (χ3n) is 4.94. The van der Waals surface area contributed by atoms with E-state index in [0.29, 0.717) is 29.2 Å². The Bertz CT molecular complexity index is 735. The van der Waals surface area contributed by atoms with Crippen LogP contribution >= 0.6 is 11.6 Å². The minimum Gasteiger partial charge on any atom is -0.300 e. The lowest BCUT2D eigenvalue weighted by Crippen LogP contribution is -2.11. The number of carbonyl (C=O) groups excluding carboxylic acids is 1. The van der Waals surface area contributed by atoms with Crippen LogP contribution < -0.4 is 0 Å². The van der Waals surface area contributed by atoms with E-state index in [-0.39, 0.29) is 5.41 Å². The summed E-state index contributed by atoms with van der Waals surface area (Å²) >= 11 is 5.93. The van der Waals surface area contributed by atoms with E-state index in [9.17, 15) is 4.79 Å². The van der Waals surface area contributed by atoms with Crippen LogP contribution in [-0.2, 0) is 4.79 Å². The van der Waals surface area contributed by atoms with Crippen molar-refractivity contribution in [1.82, 2.24) is 0 Å². The monoisotopic (exact) mass is 432 g/mol. The first-order chi connectivity index (χ1) is 13.9. The average molecular weight is 433 g/mol. The van der Waals surface area contributed by atoms with Crippen molar-refractivity contribution >= 4 is 28.8 Å². The van der Waals surface area contributed by atoms with E-state index in [2.05, 4.69) is 45.7 Å². The Balaban J connectivity index is 0.000000500. The lowest BCUT2D eigenvalue weighted by atomic mass is 9.88. The molecule has 1 aromatic rings. The van der Waals surface area contributed by atoms with Crippen molar-refractivity contribution in [2.24, 2.45) is 16.3 Å². The van der Waals surface area contributed by atoms with E-state index in [1.807, 2.05) is 26.8 Å². The van der Waals surface area contributed by atoms with Gasteiger partial charge in [0.2, 0.25) is 0 Å². The van der Waals surface area contributed by atoms with Crippen molar-refractivity contribution in [2.45, 2.75) is 100 Å². The van der Waals surface area contributed by atoms with Gasteiger partial charge in [0.05, 0.1) is 16.3 Å². The lowest BCUT2D eigenvalue weighted by molar-refractivity contribution is -0.120. The zero-order valence-corrected chi connectivity index (χ0v) is 21.1. The maximum Gasteiger partial charge on any atom is 0.133 e. The molecule has 2 rings (SSSR count). The summed E-state index contributed by atoms with van der Waals surface area (Å²) in [5, 5.41) is 9.47. The molecule has 1 saturated carbocycles. The molecule has 0 aliphatic heterocycles. The van der Waals surface area contributed by atoms with Gasteiger partial charge in [-0.05, 0) is 49.3 Å². The molecule has 0 unspecified atom stereocenters. The molecule has 1 fully saturated rings. The highest BCUT2D eigenvalue weighted by Crippen LogP contribution is 2.28. The molecule has 3 nitrogen and oxygen atoms in total. The molecule has 30 heavy (non-hydrogen) atoms. The summed E-state index contributed by atoms with van der Waals surface area (Å²) < 4.78 is 0. The van der Waals surface area contributed by atoms with Crippen LogP contribution in [0.4, 0.5) is 5.69 Å². The Morgan fingerprint density at radius 2 is 1.83 bits per heavy atom. The van der Waals surface area contributed by atoms with Crippen molar-refractivity contribution < 1.29 is 4.79 Å². The van der Waals surface area contributed by atoms with E-state index >= 15 is 0 Å². The molecule has 0 N–H and O–H groups in total. The minimum atomic E-state index is 0.174. The predicted molar refractivity (Wildman–Crippen MR) is 131 cm³/mol. The smallest absolute Gasteiger partial charge is 0.133 e. The zero-order valence-electron chi connectivity index (χ0n) is 20.4. The van der Waals surface area contributed by atoms with Gasteiger partial charge in [-0.2, -0.15) is 5.26 Å². The van der Waals surface area contributed by atoms with Crippen LogP contribution in [0, 0.1) is 29.6 Å². The van der Waals surface area contributed by atoms with Crippen LogP contribution in [0.5, 0.6) is 0 Å². The molecule has 0 aromatic heterocycles. The van der Waals surface area contributed by atoms with E-state index in [4.69, 9.17) is 16.9 Å². The largest absolute Gasteiger partial charge is 0.300 e. The molecule has 4 heteroatoms. The molecule has 168 valence electrons. The molecule has 0 saturated heterocycles. The molecular weight excluding hydrogens is 392 g/mol. The first-order valence-corrected chi connectivity index (χ1v) is 11.6. The normalized spacial score (nSPS) is 13.8. The minimum absolute atomic E-state index is 0.174. The molecular formula is C26H41ClN2O. The maximum absolute atomic E-state index is 10.8. The fourth-order valence-corrected chi connectivity index (χ4v) is 3.13. The Kier molecular flexibility index (Phi) is 13.6. The fraction of sp³-hybridized carbons (Fsp3) is 0.654. The highest BCUT2D eigenvalue weighted by Gasteiger charge is 2.13. The first kappa shape index (κ1) is 28.3. The highest BCUT2D eigenvalue weighted by atomic mass is 35.5. The Morgan fingerprint density at radius 3 is 2.17 bits per heavy atom. The molecule has 1 aliphatic carbocycles. The van der Waals surface area contributed by atoms with Gasteiger partial charge in [0.15, 0.2) is 0 Å². The molecule has 1 aliphatic rings. The van der Waals surface area contributed by atoms with E-state index < -0.39 is 0 Å². The molecule has 0 bridgehead atoms. The van der Waals surface area contributed by atoms with Gasteiger partial charge in [0, 0.05) is 18.6 Å². The number of hydrogen-bond acceptors (Lipinski definition) is 3. The predicted octanol–water partition coefficient (Wildman–Crippen LogP) is 8.62. The van der Waals surface area contributed by atoms with Crippen LogP contribution in [-0.4, -0.2) is 11.5 Å². The van der Waals surface area contributed by atoms with Gasteiger partial charge in [-0.25, -0.2) is 0 Å². The van der Waals surface area contributed by atoms with Gasteiger partial charge in [0.25, 0.3) is 0 Å². The Hall–Kier alpha value is -1.66. The number of nitrogens with zero attached hydrogens (tertiary/aromatic N) is 2. The van der Waals surface area contributed by atoms with E-state index in [1.165, 1.54) is 19.3 Å². The summed E-state index contributed by atoms with van der Waals surface area (Å²) in [7, 11) is 0. The molecule has 0 radical (unpaired) electrons. The maximum atomic E-state index is 10.8. The molecule has 0 atom stereocenters. The van der Waals surface area contributed by atoms with Crippen molar-refractivity contribution in [3.05, 3.63) is 28.3 Å². The molecule has 1 aromatic carbocycles. The lowest BCUT2D eigenvalue weighted by Gasteiger charge is -2.18. The number of benzene rings is 1. The van der Waals surface area contributed by atoms with E-state index in [0.717, 1.165) is 35.7 Å². The highest BCUT2D eigenvalue weighted by molar-refractivity contribution is 6.32. The summed E-state index contributed by atoms with van der Waals surface area (Å²) in [5.41, 5.74) is 3.47. The number of carbonyl (C=O) groups is 1. The van der Waals surface area contributed by atoms with Gasteiger partial charge in [-0.1, -0.05) is 78.8 Å². The van der Waals surface area contributed by atoms with Gasteiger partial charge >= 0.3 is 0 Å². The number of halogens is 1. The summed E-state index contributed by atoms with van der Waals surface area (Å²) in [6, 6.07) is 5.69. The quantitative estimate of drug-likeness (QED) is 0.437. The first-order valence-electron chi connectivity index (χ1n) is 11.2. The Labute approximate surface area is 189 Å². The molecule has 0 heterocycles. The van der Waals surface area contributed by atoms with Crippen molar-refractivity contribution in [2.75, 3.05) is 0 Å². The number of ketones is 1. The third kappa shape index (κ3) is 12.1. The second-order valence-electron chi connectivity index (χ2n) is 9.44. The summed E-state index contributed by atoms with van der Waals surface area (Å²) in [5.74, 6) is 1.43. The Morgan fingerprint density at radius 1 is 1.27 bits per heavy atom. The van der Waals surface area contributed by atoms with Gasteiger partial charge in [-0.3, -0.25) is 9.79 Å². The topological polar surface area (TPSA) is 53.2 Å². The second-order valence-corrected chi connectivity index (χ2v) is 9.85. The average Bonchev–Trinajstić information content (AvgIpc) is 2.63. The standard InChI is InChI=1S/C13H15ClN2.C8H16O.C5H10/c1-4-5-9(2)16-13-7-6-12(14)11(8-15)10(13)3;1-5-7(9)6-8(2,3)4;1-5-3-2-4-5/h6-7H,4-5H2,1-3H3;5-6H2,1-4H3;5H,2-4H2,1H3. The van der Waals surface area contributed by atoms with E-state index in [1.54, 1.807) is 6.07 Å². The van der Waals surface area contributed by atoms with Gasteiger partial charge in [-0.15, -0.1) is 0 Å². The summed E-state index contributed by atoms with van der Waals surface area (Å²) in [4.78, 5) is 15.3. The number of Topliss-reactive ketones (excluding diaryl/α,β-unsaturated/α-hetero) is 1. The molecule has 0 spiro atoms.